The first-order valence-corrected chi connectivity index (χ1v) is 8.82. The lowest BCUT2D eigenvalue weighted by atomic mass is 10.2. The van der Waals surface area contributed by atoms with Crippen molar-refractivity contribution < 1.29 is 9.47 Å². The molecule has 0 spiro atoms. The van der Waals surface area contributed by atoms with Crippen molar-refractivity contribution in [3.8, 4) is 11.5 Å². The molecule has 0 saturated heterocycles. The van der Waals surface area contributed by atoms with Crippen molar-refractivity contribution in [3.63, 3.8) is 0 Å². The molecule has 3 aromatic rings. The third kappa shape index (κ3) is 5.01. The molecule has 3 rings (SSSR count). The van der Waals surface area contributed by atoms with Gasteiger partial charge in [0.05, 0.1) is 14.2 Å². The third-order valence-electron chi connectivity index (χ3n) is 3.97. The van der Waals surface area contributed by atoms with Crippen LogP contribution < -0.4 is 20.1 Å². The van der Waals surface area contributed by atoms with E-state index in [4.69, 9.17) is 21.1 Å². The van der Waals surface area contributed by atoms with Crippen LogP contribution >= 0.6 is 11.6 Å². The van der Waals surface area contributed by atoms with Crippen LogP contribution in [0, 0.1) is 0 Å². The minimum absolute atomic E-state index is 0.536. The summed E-state index contributed by atoms with van der Waals surface area (Å²) in [6.45, 7) is 1.15. The summed E-state index contributed by atoms with van der Waals surface area (Å²) in [5, 5.41) is 7.20. The van der Waals surface area contributed by atoms with Gasteiger partial charge in [-0.05, 0) is 35.4 Å². The molecule has 0 bridgehead atoms. The summed E-state index contributed by atoms with van der Waals surface area (Å²) in [5.41, 5.74) is 2.04. The number of nitrogens with one attached hydrogen (secondary N) is 2. The summed E-state index contributed by atoms with van der Waals surface area (Å²) in [5.74, 6) is 2.64. The number of hydrogen-bond acceptors (Lipinski definition) is 6. The molecule has 0 unspecified atom stereocenters. The molecular formula is C20H21ClN4O2. The Morgan fingerprint density at radius 1 is 0.926 bits per heavy atom. The summed E-state index contributed by atoms with van der Waals surface area (Å²) in [6, 6.07) is 15.3. The highest BCUT2D eigenvalue weighted by molar-refractivity contribution is 6.31. The Kier molecular flexibility index (Phi) is 6.33. The van der Waals surface area contributed by atoms with Gasteiger partial charge in [0.15, 0.2) is 11.5 Å². The number of methoxy groups -OCH3 is 2. The number of nitrogens with zero attached hydrogens (tertiary/aromatic N) is 2. The summed E-state index contributed by atoms with van der Waals surface area (Å²) in [4.78, 5) is 8.74. The van der Waals surface area contributed by atoms with E-state index in [1.54, 1.807) is 20.4 Å². The number of hydrogen-bond donors (Lipinski definition) is 2. The molecule has 1 heterocycles. The Morgan fingerprint density at radius 3 is 2.52 bits per heavy atom. The van der Waals surface area contributed by atoms with Crippen LogP contribution in [0.4, 0.5) is 11.8 Å². The van der Waals surface area contributed by atoms with E-state index in [9.17, 15) is 0 Å². The van der Waals surface area contributed by atoms with E-state index in [0.717, 1.165) is 22.0 Å². The van der Waals surface area contributed by atoms with Gasteiger partial charge in [-0.3, -0.25) is 0 Å². The van der Waals surface area contributed by atoms with Crippen LogP contribution in [0.15, 0.2) is 54.7 Å². The van der Waals surface area contributed by atoms with Gasteiger partial charge in [0.2, 0.25) is 5.95 Å². The molecule has 0 aliphatic carbocycles. The van der Waals surface area contributed by atoms with Crippen molar-refractivity contribution in [2.45, 2.75) is 13.1 Å². The number of ether oxygens (including phenoxy) is 2. The molecule has 0 aliphatic rings. The number of rotatable bonds is 8. The largest absolute Gasteiger partial charge is 0.493 e. The number of anilines is 2. The van der Waals surface area contributed by atoms with E-state index in [0.29, 0.717) is 30.5 Å². The number of aromatic nitrogens is 2. The maximum absolute atomic E-state index is 6.18. The first kappa shape index (κ1) is 18.8. The first-order valence-electron chi connectivity index (χ1n) is 8.44. The van der Waals surface area contributed by atoms with Crippen LogP contribution in [0.5, 0.6) is 11.5 Å². The second-order valence-electron chi connectivity index (χ2n) is 5.75. The van der Waals surface area contributed by atoms with Crippen LogP contribution in [0.1, 0.15) is 11.1 Å². The number of halogens is 1. The van der Waals surface area contributed by atoms with Crippen molar-refractivity contribution in [2.75, 3.05) is 24.9 Å². The van der Waals surface area contributed by atoms with Gasteiger partial charge in [-0.15, -0.1) is 0 Å². The summed E-state index contributed by atoms with van der Waals surface area (Å²) in [6.07, 6.45) is 1.71. The minimum Gasteiger partial charge on any atom is -0.493 e. The van der Waals surface area contributed by atoms with Gasteiger partial charge < -0.3 is 20.1 Å². The molecule has 0 radical (unpaired) electrons. The molecule has 6 nitrogen and oxygen atoms in total. The minimum atomic E-state index is 0.536. The Morgan fingerprint density at radius 2 is 1.74 bits per heavy atom. The van der Waals surface area contributed by atoms with Crippen molar-refractivity contribution in [2.24, 2.45) is 0 Å². The highest BCUT2D eigenvalue weighted by atomic mass is 35.5. The molecule has 2 aromatic carbocycles. The van der Waals surface area contributed by atoms with Gasteiger partial charge in [-0.25, -0.2) is 4.98 Å². The van der Waals surface area contributed by atoms with Crippen LogP contribution in [0.25, 0.3) is 0 Å². The van der Waals surface area contributed by atoms with Crippen molar-refractivity contribution in [1.29, 1.82) is 0 Å². The Hall–Kier alpha value is -2.99. The smallest absolute Gasteiger partial charge is 0.224 e. The predicted octanol–water partition coefficient (Wildman–Crippen LogP) is 4.37. The third-order valence-corrected chi connectivity index (χ3v) is 4.34. The molecule has 7 heteroatoms. The average Bonchev–Trinajstić information content (AvgIpc) is 2.71. The summed E-state index contributed by atoms with van der Waals surface area (Å²) < 4.78 is 10.6. The van der Waals surface area contributed by atoms with Crippen LogP contribution in [-0.4, -0.2) is 24.2 Å². The van der Waals surface area contributed by atoms with Crippen LogP contribution in [0.2, 0.25) is 5.02 Å². The van der Waals surface area contributed by atoms with Crippen LogP contribution in [-0.2, 0) is 13.1 Å². The standard InChI is InChI=1S/C20H21ClN4O2/c1-26-17-8-7-14(11-18(17)27-2)12-24-20-22-10-9-19(25-20)23-13-15-5-3-4-6-16(15)21/h3-11H,12-13H2,1-2H3,(H2,22,23,24,25). The Bertz CT molecular complexity index is 905. The number of benzene rings is 2. The maximum atomic E-state index is 6.18. The van der Waals surface area contributed by atoms with E-state index in [-0.39, 0.29) is 0 Å². The molecule has 0 aliphatic heterocycles. The zero-order valence-electron chi connectivity index (χ0n) is 15.2. The Labute approximate surface area is 163 Å². The van der Waals surface area contributed by atoms with E-state index < -0.39 is 0 Å². The topological polar surface area (TPSA) is 68.3 Å². The summed E-state index contributed by atoms with van der Waals surface area (Å²) in [7, 11) is 3.23. The van der Waals surface area contributed by atoms with Crippen molar-refractivity contribution >= 4 is 23.4 Å². The highest BCUT2D eigenvalue weighted by Gasteiger charge is 2.06. The highest BCUT2D eigenvalue weighted by Crippen LogP contribution is 2.27. The van der Waals surface area contributed by atoms with Gasteiger partial charge in [0.1, 0.15) is 5.82 Å². The predicted molar refractivity (Wildman–Crippen MR) is 108 cm³/mol. The van der Waals surface area contributed by atoms with E-state index in [1.165, 1.54) is 0 Å². The molecule has 0 fully saturated rings. The van der Waals surface area contributed by atoms with Crippen LogP contribution in [0.3, 0.4) is 0 Å². The van der Waals surface area contributed by atoms with E-state index in [2.05, 4.69) is 20.6 Å². The molecule has 140 valence electrons. The van der Waals surface area contributed by atoms with Gasteiger partial charge >= 0.3 is 0 Å². The lowest BCUT2D eigenvalue weighted by Gasteiger charge is -2.11. The molecular weight excluding hydrogens is 364 g/mol. The zero-order valence-corrected chi connectivity index (χ0v) is 16.0. The Balaban J connectivity index is 1.61. The second-order valence-corrected chi connectivity index (χ2v) is 6.16. The van der Waals surface area contributed by atoms with Gasteiger partial charge in [0, 0.05) is 24.3 Å². The molecule has 0 saturated carbocycles. The molecule has 0 amide bonds. The first-order chi connectivity index (χ1) is 13.2. The summed E-state index contributed by atoms with van der Waals surface area (Å²) >= 11 is 6.18. The van der Waals surface area contributed by atoms with Crippen molar-refractivity contribution in [1.82, 2.24) is 9.97 Å². The van der Waals surface area contributed by atoms with Gasteiger partial charge in [-0.2, -0.15) is 4.98 Å². The van der Waals surface area contributed by atoms with E-state index in [1.807, 2.05) is 48.5 Å². The zero-order chi connectivity index (χ0) is 19.1. The average molecular weight is 385 g/mol. The lowest BCUT2D eigenvalue weighted by molar-refractivity contribution is 0.354. The van der Waals surface area contributed by atoms with Gasteiger partial charge in [0.25, 0.3) is 0 Å². The fraction of sp³-hybridized carbons (Fsp3) is 0.200. The normalized spacial score (nSPS) is 10.3. The quantitative estimate of drug-likeness (QED) is 0.601. The fourth-order valence-electron chi connectivity index (χ4n) is 2.54. The fourth-order valence-corrected chi connectivity index (χ4v) is 2.74. The molecule has 27 heavy (non-hydrogen) atoms. The van der Waals surface area contributed by atoms with E-state index >= 15 is 0 Å². The molecule has 0 atom stereocenters. The monoisotopic (exact) mass is 384 g/mol. The molecule has 1 aromatic heterocycles. The second kappa shape index (κ2) is 9.09. The molecule has 2 N–H and O–H groups in total. The lowest BCUT2D eigenvalue weighted by Crippen LogP contribution is -2.07. The SMILES string of the molecule is COc1ccc(CNc2nccc(NCc3ccccc3Cl)n2)cc1OC. The van der Waals surface area contributed by atoms with Crippen molar-refractivity contribution in [3.05, 3.63) is 70.9 Å². The van der Waals surface area contributed by atoms with Gasteiger partial charge in [-0.1, -0.05) is 35.9 Å². The maximum Gasteiger partial charge on any atom is 0.224 e.